The van der Waals surface area contributed by atoms with Crippen molar-refractivity contribution < 1.29 is 43.9 Å². The van der Waals surface area contributed by atoms with E-state index in [9.17, 15) is 19.8 Å². The molecule has 4 rings (SSSR count). The number of methoxy groups -OCH3 is 4. The van der Waals surface area contributed by atoms with Crippen molar-refractivity contribution in [3.8, 4) is 28.7 Å². The van der Waals surface area contributed by atoms with Crippen molar-refractivity contribution in [1.29, 1.82) is 0 Å². The van der Waals surface area contributed by atoms with Crippen molar-refractivity contribution in [2.45, 2.75) is 18.9 Å². The SMILES string of the molecule is COc1ccc(C(=O)c2ccc(CCC(=O)O)cc2)c(OC)c1.COc1ccc(C(O)c2ccc(O)cc2)c(OC)c1. The van der Waals surface area contributed by atoms with E-state index >= 15 is 0 Å². The molecule has 0 aliphatic heterocycles. The summed E-state index contributed by atoms with van der Waals surface area (Å²) in [6, 6.07) is 23.6. The first-order valence-electron chi connectivity index (χ1n) is 13.0. The van der Waals surface area contributed by atoms with Gasteiger partial charge in [-0.05, 0) is 53.9 Å². The van der Waals surface area contributed by atoms with Gasteiger partial charge in [-0.2, -0.15) is 0 Å². The molecule has 9 nitrogen and oxygen atoms in total. The number of hydrogen-bond acceptors (Lipinski definition) is 8. The Morgan fingerprint density at radius 2 is 1.29 bits per heavy atom. The lowest BCUT2D eigenvalue weighted by Gasteiger charge is -2.16. The van der Waals surface area contributed by atoms with Gasteiger partial charge in [0.05, 0.1) is 34.0 Å². The van der Waals surface area contributed by atoms with Crippen LogP contribution in [0.2, 0.25) is 0 Å². The Kier molecular flexibility index (Phi) is 11.3. The van der Waals surface area contributed by atoms with E-state index in [1.807, 2.05) is 0 Å². The van der Waals surface area contributed by atoms with Crippen molar-refractivity contribution in [2.24, 2.45) is 0 Å². The van der Waals surface area contributed by atoms with Gasteiger partial charge in [-0.25, -0.2) is 0 Å². The van der Waals surface area contributed by atoms with E-state index in [4.69, 9.17) is 24.1 Å². The van der Waals surface area contributed by atoms with Crippen molar-refractivity contribution in [1.82, 2.24) is 0 Å². The summed E-state index contributed by atoms with van der Waals surface area (Å²) in [6.07, 6.45) is -0.309. The van der Waals surface area contributed by atoms with Crippen LogP contribution in [0.3, 0.4) is 0 Å². The van der Waals surface area contributed by atoms with Crippen LogP contribution in [-0.4, -0.2) is 55.5 Å². The second-order valence-corrected chi connectivity index (χ2v) is 9.09. The molecule has 0 aromatic heterocycles. The number of carbonyl (C=O) groups excluding carboxylic acids is 1. The van der Waals surface area contributed by atoms with Gasteiger partial charge in [0.25, 0.3) is 0 Å². The number of aliphatic hydroxyl groups excluding tert-OH is 1. The number of ether oxygens (including phenoxy) is 4. The number of phenols is 1. The molecule has 42 heavy (non-hydrogen) atoms. The number of carboxylic acid groups (broad SMARTS) is 1. The van der Waals surface area contributed by atoms with E-state index in [0.717, 1.165) is 5.56 Å². The number of hydrogen-bond donors (Lipinski definition) is 3. The Morgan fingerprint density at radius 1 is 0.714 bits per heavy atom. The van der Waals surface area contributed by atoms with Crippen LogP contribution in [0.4, 0.5) is 0 Å². The van der Waals surface area contributed by atoms with Crippen LogP contribution >= 0.6 is 0 Å². The van der Waals surface area contributed by atoms with Gasteiger partial charge >= 0.3 is 5.97 Å². The first-order valence-corrected chi connectivity index (χ1v) is 13.0. The molecule has 0 fully saturated rings. The molecular formula is C33H34O9. The Hall–Kier alpha value is -5.02. The molecule has 0 aliphatic rings. The van der Waals surface area contributed by atoms with E-state index in [1.165, 1.54) is 19.2 Å². The minimum Gasteiger partial charge on any atom is -0.508 e. The maximum Gasteiger partial charge on any atom is 0.303 e. The molecule has 0 saturated heterocycles. The number of rotatable bonds is 11. The standard InChI is InChI=1S/C18H18O5.C15H16O4/c1-22-14-8-9-15(16(11-14)23-2)18(21)13-6-3-12(4-7-13)5-10-17(19)20;1-18-12-7-8-13(14(9-12)19-2)15(17)10-3-5-11(16)6-4-10/h3-4,6-9,11H,5,10H2,1-2H3,(H,19,20);3-9,15-17H,1-2H3. The predicted octanol–water partition coefficient (Wildman–Crippen LogP) is 5.44. The van der Waals surface area contributed by atoms with E-state index < -0.39 is 12.1 Å². The first-order chi connectivity index (χ1) is 20.2. The number of aliphatic carboxylic acids is 1. The molecule has 0 radical (unpaired) electrons. The summed E-state index contributed by atoms with van der Waals surface area (Å²) in [6.45, 7) is 0. The fraction of sp³-hybridized carbons (Fsp3) is 0.212. The van der Waals surface area contributed by atoms with Crippen LogP contribution in [0.1, 0.15) is 45.1 Å². The van der Waals surface area contributed by atoms with E-state index in [1.54, 1.807) is 94.1 Å². The van der Waals surface area contributed by atoms with E-state index in [-0.39, 0.29) is 18.0 Å². The summed E-state index contributed by atoms with van der Waals surface area (Å²) in [5, 5.41) is 28.3. The molecule has 220 valence electrons. The van der Waals surface area contributed by atoms with Crippen LogP contribution < -0.4 is 18.9 Å². The largest absolute Gasteiger partial charge is 0.508 e. The summed E-state index contributed by atoms with van der Waals surface area (Å²) < 4.78 is 20.8. The molecule has 4 aromatic carbocycles. The fourth-order valence-corrected chi connectivity index (χ4v) is 4.10. The van der Waals surface area contributed by atoms with E-state index in [0.29, 0.717) is 51.7 Å². The maximum absolute atomic E-state index is 12.6. The van der Waals surface area contributed by atoms with Gasteiger partial charge in [0.15, 0.2) is 5.78 Å². The number of carboxylic acids is 1. The summed E-state index contributed by atoms with van der Waals surface area (Å²) in [5.41, 5.74) is 3.18. The summed E-state index contributed by atoms with van der Waals surface area (Å²) in [4.78, 5) is 23.2. The normalized spacial score (nSPS) is 11.0. The highest BCUT2D eigenvalue weighted by atomic mass is 16.5. The molecule has 1 unspecified atom stereocenters. The predicted molar refractivity (Wildman–Crippen MR) is 157 cm³/mol. The number of phenolic OH excluding ortho intramolecular Hbond substituents is 1. The molecule has 4 aromatic rings. The van der Waals surface area contributed by atoms with Crippen LogP contribution in [0.25, 0.3) is 0 Å². The lowest BCUT2D eigenvalue weighted by molar-refractivity contribution is -0.136. The Balaban J connectivity index is 0.000000235. The Labute approximate surface area is 244 Å². The van der Waals surface area contributed by atoms with Gasteiger partial charge < -0.3 is 34.3 Å². The molecule has 3 N–H and O–H groups in total. The number of aromatic hydroxyl groups is 1. The van der Waals surface area contributed by atoms with Crippen molar-refractivity contribution in [3.05, 3.63) is 113 Å². The molecule has 0 aliphatic carbocycles. The van der Waals surface area contributed by atoms with Crippen LogP contribution in [0.5, 0.6) is 28.7 Å². The van der Waals surface area contributed by atoms with Gasteiger partial charge in [-0.1, -0.05) is 36.4 Å². The number of aryl methyl sites for hydroxylation is 1. The minimum atomic E-state index is -0.840. The third-order valence-electron chi connectivity index (χ3n) is 6.44. The number of benzene rings is 4. The fourth-order valence-electron chi connectivity index (χ4n) is 4.10. The van der Waals surface area contributed by atoms with Gasteiger partial charge in [0.2, 0.25) is 0 Å². The number of ketones is 1. The molecule has 0 heterocycles. The highest BCUT2D eigenvalue weighted by Gasteiger charge is 2.17. The third-order valence-corrected chi connectivity index (χ3v) is 6.44. The summed E-state index contributed by atoms with van der Waals surface area (Å²) in [5.74, 6) is 1.45. The Morgan fingerprint density at radius 3 is 1.83 bits per heavy atom. The lowest BCUT2D eigenvalue weighted by atomic mass is 10.00. The molecule has 0 spiro atoms. The van der Waals surface area contributed by atoms with Crippen LogP contribution in [-0.2, 0) is 11.2 Å². The smallest absolute Gasteiger partial charge is 0.303 e. The van der Waals surface area contributed by atoms with Gasteiger partial charge in [0, 0.05) is 29.7 Å². The van der Waals surface area contributed by atoms with Crippen LogP contribution in [0.15, 0.2) is 84.9 Å². The van der Waals surface area contributed by atoms with Crippen molar-refractivity contribution >= 4 is 11.8 Å². The molecular weight excluding hydrogens is 540 g/mol. The summed E-state index contributed by atoms with van der Waals surface area (Å²) >= 11 is 0. The lowest BCUT2D eigenvalue weighted by Crippen LogP contribution is -2.05. The molecule has 0 saturated carbocycles. The molecule has 0 bridgehead atoms. The number of carbonyl (C=O) groups is 2. The molecule has 0 amide bonds. The topological polar surface area (TPSA) is 132 Å². The third kappa shape index (κ3) is 8.25. The zero-order valence-corrected chi connectivity index (χ0v) is 23.9. The van der Waals surface area contributed by atoms with E-state index in [2.05, 4.69) is 0 Å². The Bertz CT molecular complexity index is 1480. The highest BCUT2D eigenvalue weighted by molar-refractivity contribution is 6.10. The number of aliphatic hydroxyl groups is 1. The average Bonchev–Trinajstić information content (AvgIpc) is 3.03. The average molecular weight is 575 g/mol. The van der Waals surface area contributed by atoms with Crippen molar-refractivity contribution in [2.75, 3.05) is 28.4 Å². The van der Waals surface area contributed by atoms with Gasteiger partial charge in [-0.15, -0.1) is 0 Å². The molecule has 9 heteroatoms. The van der Waals surface area contributed by atoms with Crippen LogP contribution in [0, 0.1) is 0 Å². The first kappa shape index (κ1) is 31.5. The van der Waals surface area contributed by atoms with Gasteiger partial charge in [-0.3, -0.25) is 9.59 Å². The minimum absolute atomic E-state index is 0.0690. The highest BCUT2D eigenvalue weighted by Crippen LogP contribution is 2.33. The maximum atomic E-state index is 12.6. The second-order valence-electron chi connectivity index (χ2n) is 9.09. The molecule has 1 atom stereocenters. The monoisotopic (exact) mass is 574 g/mol. The summed E-state index contributed by atoms with van der Waals surface area (Å²) in [7, 11) is 6.17. The quantitative estimate of drug-likeness (QED) is 0.200. The zero-order valence-electron chi connectivity index (χ0n) is 23.9. The second kappa shape index (κ2) is 15.1. The van der Waals surface area contributed by atoms with Crippen molar-refractivity contribution in [3.63, 3.8) is 0 Å². The zero-order chi connectivity index (χ0) is 30.6. The van der Waals surface area contributed by atoms with Gasteiger partial charge in [0.1, 0.15) is 34.9 Å².